The van der Waals surface area contributed by atoms with Crippen LogP contribution >= 0.6 is 0 Å². The van der Waals surface area contributed by atoms with Gasteiger partial charge in [-0.25, -0.2) is 0 Å². The molecule has 230 valence electrons. The van der Waals surface area contributed by atoms with Gasteiger partial charge in [0.15, 0.2) is 0 Å². The summed E-state index contributed by atoms with van der Waals surface area (Å²) in [5.41, 5.74) is 8.53. The standard InChI is InChI=1S/C39H38N4O.Pt/c1-38(2,3)29-17-19-30(20-18-29)42-27-43(35-14-7-6-13-34(35)42)31-11-10-12-32(23-31)44-33-21-16-28-25-39(4,5)26-41(36(28)24-33)37-15-8-9-22-40-37;/h6-24H,25-26H2,1-5H3;. The van der Waals surface area contributed by atoms with Gasteiger partial charge in [0.25, 0.3) is 0 Å². The Balaban J connectivity index is 1.25. The fourth-order valence-electron chi connectivity index (χ4n) is 6.34. The molecule has 1 aliphatic heterocycles. The maximum absolute atomic E-state index is 6.56. The van der Waals surface area contributed by atoms with Crippen molar-refractivity contribution < 1.29 is 24.1 Å². The molecular weight excluding hydrogens is 736 g/mol. The van der Waals surface area contributed by atoms with E-state index in [0.29, 0.717) is 0 Å². The van der Waals surface area contributed by atoms with Crippen molar-refractivity contribution in [2.75, 3.05) is 11.4 Å². The van der Waals surface area contributed by atoms with Gasteiger partial charge in [-0.3, -0.25) is 0 Å². The molecule has 4 aromatic carbocycles. The Kier molecular flexibility index (Phi) is 7.41. The summed E-state index contributed by atoms with van der Waals surface area (Å²) >= 11 is 2.45. The minimum atomic E-state index is 0.107. The van der Waals surface area contributed by atoms with Crippen molar-refractivity contribution in [3.63, 3.8) is 0 Å². The average molecular weight is 774 g/mol. The van der Waals surface area contributed by atoms with Crippen LogP contribution in [-0.2, 0) is 31.2 Å². The molecule has 0 saturated carbocycles. The Morgan fingerprint density at radius 1 is 0.733 bits per heavy atom. The van der Waals surface area contributed by atoms with E-state index in [2.05, 4.69) is 164 Å². The number of nitrogens with zero attached hydrogens (tertiary/aromatic N) is 4. The Morgan fingerprint density at radius 2 is 1.42 bits per heavy atom. The summed E-state index contributed by atoms with van der Waals surface area (Å²) < 4.78 is 12.3. The van der Waals surface area contributed by atoms with E-state index in [-0.39, 0.29) is 10.8 Å². The second kappa shape index (κ2) is 11.3. The number of imidazole rings is 1. The van der Waals surface area contributed by atoms with E-state index >= 15 is 0 Å². The van der Waals surface area contributed by atoms with Crippen LogP contribution in [0.4, 0.5) is 11.5 Å². The molecule has 0 aliphatic carbocycles. The topological polar surface area (TPSA) is 35.2 Å². The van der Waals surface area contributed by atoms with Crippen molar-refractivity contribution in [3.8, 4) is 22.9 Å². The maximum atomic E-state index is 6.56. The van der Waals surface area contributed by atoms with Crippen molar-refractivity contribution in [2.24, 2.45) is 5.41 Å². The van der Waals surface area contributed by atoms with Gasteiger partial charge in [0.05, 0.1) is 0 Å². The first-order valence-corrected chi connectivity index (χ1v) is 16.6. The zero-order valence-electron chi connectivity index (χ0n) is 26.4. The van der Waals surface area contributed by atoms with Gasteiger partial charge >= 0.3 is 245 Å². The fraction of sp³-hybridized carbons (Fsp3) is 0.231. The van der Waals surface area contributed by atoms with Crippen molar-refractivity contribution in [3.05, 3.63) is 130 Å². The molecule has 0 fully saturated rings. The molecule has 0 amide bonds. The predicted octanol–water partition coefficient (Wildman–Crippen LogP) is 9.71. The van der Waals surface area contributed by atoms with E-state index in [4.69, 9.17) is 4.74 Å². The number of aromatic nitrogens is 3. The summed E-state index contributed by atoms with van der Waals surface area (Å²) in [5.74, 6) is 2.57. The molecule has 7 rings (SSSR count). The normalized spacial score (nSPS) is 14.4. The van der Waals surface area contributed by atoms with Gasteiger partial charge in [-0.2, -0.15) is 0 Å². The van der Waals surface area contributed by atoms with Gasteiger partial charge in [-0.05, 0) is 6.07 Å². The van der Waals surface area contributed by atoms with E-state index in [9.17, 15) is 0 Å². The van der Waals surface area contributed by atoms with Crippen LogP contribution in [0.3, 0.4) is 0 Å². The molecular formula is C39H38N4OPt. The van der Waals surface area contributed by atoms with Crippen LogP contribution in [0.15, 0.2) is 115 Å². The number of rotatable bonds is 5. The number of hydrogen-bond acceptors (Lipinski definition) is 3. The zero-order chi connectivity index (χ0) is 31.3. The van der Waals surface area contributed by atoms with E-state index in [1.54, 1.807) is 0 Å². The predicted molar refractivity (Wildman–Crippen MR) is 180 cm³/mol. The number of anilines is 2. The van der Waals surface area contributed by atoms with E-state index < -0.39 is 0 Å². The summed E-state index contributed by atoms with van der Waals surface area (Å²) in [6.07, 6.45) is 2.87. The molecule has 1 aliphatic rings. The second-order valence-corrected chi connectivity index (χ2v) is 14.7. The van der Waals surface area contributed by atoms with Crippen molar-refractivity contribution in [2.45, 2.75) is 46.5 Å². The first kappa shape index (κ1) is 29.5. The molecule has 45 heavy (non-hydrogen) atoms. The first-order chi connectivity index (χ1) is 21.6. The summed E-state index contributed by atoms with van der Waals surface area (Å²) in [6.45, 7) is 12.3. The Morgan fingerprint density at radius 3 is 2.11 bits per heavy atom. The second-order valence-electron chi connectivity index (χ2n) is 13.7. The van der Waals surface area contributed by atoms with Crippen LogP contribution in [0.1, 0.15) is 45.7 Å². The molecule has 2 aromatic heterocycles. The van der Waals surface area contributed by atoms with Crippen molar-refractivity contribution >= 4 is 22.5 Å². The van der Waals surface area contributed by atoms with Gasteiger partial charge in [0.1, 0.15) is 0 Å². The van der Waals surface area contributed by atoms with E-state index in [1.807, 2.05) is 24.4 Å². The summed E-state index contributed by atoms with van der Waals surface area (Å²) in [7, 11) is 0. The number of benzene rings is 4. The number of fused-ring (bicyclic) bond motifs is 2. The quantitative estimate of drug-likeness (QED) is 0.175. The Hall–Kier alpha value is -4.21. The van der Waals surface area contributed by atoms with Crippen LogP contribution in [0, 0.1) is 9.22 Å². The number of ether oxygens (including phenoxy) is 1. The molecule has 6 heteroatoms. The number of hydrogen-bond donors (Lipinski definition) is 0. The third-order valence-electron chi connectivity index (χ3n) is 8.54. The summed E-state index contributed by atoms with van der Waals surface area (Å²) in [6, 6.07) is 38.4. The minimum absolute atomic E-state index is 0.107. The fourth-order valence-corrected chi connectivity index (χ4v) is 7.48. The molecule has 0 N–H and O–H groups in total. The molecule has 6 aromatic rings. The monoisotopic (exact) mass is 773 g/mol. The molecule has 0 spiro atoms. The van der Waals surface area contributed by atoms with Crippen LogP contribution in [0.5, 0.6) is 11.5 Å². The molecule has 5 nitrogen and oxygen atoms in total. The van der Waals surface area contributed by atoms with Crippen LogP contribution < -0.4 is 9.64 Å². The van der Waals surface area contributed by atoms with Crippen molar-refractivity contribution in [1.29, 1.82) is 0 Å². The van der Waals surface area contributed by atoms with Crippen LogP contribution in [0.25, 0.3) is 22.4 Å². The molecule has 0 unspecified atom stereocenters. The zero-order valence-corrected chi connectivity index (χ0v) is 28.7. The van der Waals surface area contributed by atoms with Gasteiger partial charge in [0, 0.05) is 6.20 Å². The third-order valence-corrected chi connectivity index (χ3v) is 9.55. The average Bonchev–Trinajstić information content (AvgIpc) is 3.32. The molecule has 3 heterocycles. The Bertz CT molecular complexity index is 2070. The van der Waals surface area contributed by atoms with E-state index in [1.165, 1.54) is 11.1 Å². The van der Waals surface area contributed by atoms with Gasteiger partial charge in [-0.15, -0.1) is 0 Å². The SMILES string of the molecule is CC1(C)Cc2ccc(Oc3cccc(-n4[c](=[Pt])n(-c5ccc(C(C)(C)C)cc5)c5ccccc54)c3)cc2N(c2ccccn2)C1. The van der Waals surface area contributed by atoms with Crippen LogP contribution in [-0.4, -0.2) is 20.7 Å². The van der Waals surface area contributed by atoms with Crippen LogP contribution in [0.2, 0.25) is 0 Å². The number of pyridine rings is 1. The first-order valence-electron chi connectivity index (χ1n) is 15.5. The molecule has 0 atom stereocenters. The third kappa shape index (κ3) is 5.71. The van der Waals surface area contributed by atoms with Gasteiger partial charge in [0.2, 0.25) is 0 Å². The van der Waals surface area contributed by atoms with Gasteiger partial charge in [-0.1, -0.05) is 19.9 Å². The summed E-state index contributed by atoms with van der Waals surface area (Å²) in [5, 5.41) is 0. The summed E-state index contributed by atoms with van der Waals surface area (Å²) in [4.78, 5) is 7.00. The van der Waals surface area contributed by atoms with Crippen molar-refractivity contribution in [1.82, 2.24) is 14.1 Å². The Labute approximate surface area is 276 Å². The number of para-hydroxylation sites is 2. The van der Waals surface area contributed by atoms with E-state index in [0.717, 1.165) is 62.2 Å². The molecule has 0 bridgehead atoms. The molecule has 0 saturated heterocycles. The van der Waals surface area contributed by atoms with Gasteiger partial charge < -0.3 is 0 Å². The molecule has 0 radical (unpaired) electrons.